The molecule has 4 heterocycles. The molecule has 0 aliphatic carbocycles. The lowest BCUT2D eigenvalue weighted by Gasteiger charge is -2.19. The lowest BCUT2D eigenvalue weighted by molar-refractivity contribution is -0.130. The van der Waals surface area contributed by atoms with Crippen LogP contribution >= 0.6 is 23.1 Å². The Bertz CT molecular complexity index is 1220. The van der Waals surface area contributed by atoms with E-state index < -0.39 is 0 Å². The summed E-state index contributed by atoms with van der Waals surface area (Å²) in [5.41, 5.74) is 4.00. The average Bonchev–Trinajstić information content (AvgIpc) is 3.52. The number of hydrogen-bond acceptors (Lipinski definition) is 7. The normalized spacial score (nSPS) is 16.2. The number of thioether (sulfide) groups is 1. The first-order valence-corrected chi connectivity index (χ1v) is 11.4. The van der Waals surface area contributed by atoms with Gasteiger partial charge in [0.25, 0.3) is 5.91 Å². The third-order valence-corrected chi connectivity index (χ3v) is 6.98. The Kier molecular flexibility index (Phi) is 5.10. The second-order valence-electron chi connectivity index (χ2n) is 6.99. The van der Waals surface area contributed by atoms with Gasteiger partial charge in [-0.15, -0.1) is 11.3 Å². The van der Waals surface area contributed by atoms with Crippen LogP contribution in [0.1, 0.15) is 29.3 Å². The fraction of sp³-hybridized carbons (Fsp3) is 0.182. The zero-order valence-electron chi connectivity index (χ0n) is 16.2. The number of thiophene rings is 1. The molecule has 0 N–H and O–H groups in total. The number of furan rings is 1. The Hall–Kier alpha value is -2.97. The third-order valence-electron chi connectivity index (χ3n) is 4.97. The molecule has 1 unspecified atom stereocenters. The van der Waals surface area contributed by atoms with Crippen molar-refractivity contribution in [2.24, 2.45) is 5.10 Å². The zero-order valence-corrected chi connectivity index (χ0v) is 17.8. The van der Waals surface area contributed by atoms with E-state index in [1.165, 1.54) is 23.7 Å². The molecule has 0 saturated heterocycles. The van der Waals surface area contributed by atoms with Gasteiger partial charge in [0.15, 0.2) is 0 Å². The van der Waals surface area contributed by atoms with E-state index >= 15 is 0 Å². The summed E-state index contributed by atoms with van der Waals surface area (Å²) >= 11 is 3.00. The van der Waals surface area contributed by atoms with Gasteiger partial charge >= 0.3 is 0 Å². The Labute approximate surface area is 181 Å². The summed E-state index contributed by atoms with van der Waals surface area (Å²) in [6.45, 7) is 2.05. The van der Waals surface area contributed by atoms with E-state index in [2.05, 4.69) is 34.1 Å². The Morgan fingerprint density at radius 1 is 1.23 bits per heavy atom. The molecular formula is C22H18N4O2S2. The summed E-state index contributed by atoms with van der Waals surface area (Å²) in [5, 5.41) is 9.05. The number of rotatable bonds is 5. The number of nitrogens with zero attached hydrogens (tertiary/aromatic N) is 4. The number of amides is 1. The van der Waals surface area contributed by atoms with Crippen molar-refractivity contribution in [2.45, 2.75) is 24.4 Å². The van der Waals surface area contributed by atoms with Crippen LogP contribution < -0.4 is 0 Å². The Morgan fingerprint density at radius 2 is 2.10 bits per heavy atom. The van der Waals surface area contributed by atoms with Crippen molar-refractivity contribution < 1.29 is 9.21 Å². The molecule has 0 radical (unpaired) electrons. The number of aryl methyl sites for hydroxylation is 1. The predicted molar refractivity (Wildman–Crippen MR) is 119 cm³/mol. The molecule has 0 bridgehead atoms. The van der Waals surface area contributed by atoms with Crippen LogP contribution in [0, 0.1) is 6.92 Å². The monoisotopic (exact) mass is 434 g/mol. The van der Waals surface area contributed by atoms with E-state index in [9.17, 15) is 4.79 Å². The highest BCUT2D eigenvalue weighted by Gasteiger charge is 2.34. The van der Waals surface area contributed by atoms with E-state index in [1.54, 1.807) is 22.6 Å². The van der Waals surface area contributed by atoms with Gasteiger partial charge in [0.1, 0.15) is 23.2 Å². The van der Waals surface area contributed by atoms with Crippen molar-refractivity contribution in [1.29, 1.82) is 0 Å². The molecule has 30 heavy (non-hydrogen) atoms. The van der Waals surface area contributed by atoms with Crippen molar-refractivity contribution in [3.05, 3.63) is 77.3 Å². The highest BCUT2D eigenvalue weighted by atomic mass is 32.2. The summed E-state index contributed by atoms with van der Waals surface area (Å²) in [5.74, 6) is 0.903. The number of hydrazone groups is 1. The molecule has 1 amide bonds. The van der Waals surface area contributed by atoms with Crippen LogP contribution in [0.4, 0.5) is 0 Å². The number of carbonyl (C=O) groups is 1. The fourth-order valence-corrected chi connectivity index (χ4v) is 5.23. The second-order valence-corrected chi connectivity index (χ2v) is 8.87. The van der Waals surface area contributed by atoms with E-state index in [0.29, 0.717) is 6.42 Å². The largest absolute Gasteiger partial charge is 0.467 e. The molecule has 5 rings (SSSR count). The van der Waals surface area contributed by atoms with Crippen LogP contribution in [-0.4, -0.2) is 32.3 Å². The molecule has 1 aliphatic rings. The van der Waals surface area contributed by atoms with E-state index in [0.717, 1.165) is 32.3 Å². The molecule has 0 spiro atoms. The first-order valence-electron chi connectivity index (χ1n) is 9.50. The van der Waals surface area contributed by atoms with Gasteiger partial charge in [0.2, 0.25) is 0 Å². The highest BCUT2D eigenvalue weighted by molar-refractivity contribution is 8.00. The standard InChI is InChI=1S/C22H18N4O2S2/c1-14-4-6-15(7-5-14)17-11-18(19-3-2-9-28-19)26(25-17)20(27)12-30-22-21-16(8-10-29-21)23-13-24-22/h2-10,13,18H,11-12H2,1H3. The maximum absolute atomic E-state index is 13.1. The molecule has 1 aromatic carbocycles. The van der Waals surface area contributed by atoms with Crippen molar-refractivity contribution in [2.75, 3.05) is 5.75 Å². The van der Waals surface area contributed by atoms with Crippen molar-refractivity contribution in [3.63, 3.8) is 0 Å². The minimum absolute atomic E-state index is 0.0770. The van der Waals surface area contributed by atoms with Crippen LogP contribution in [-0.2, 0) is 4.79 Å². The minimum atomic E-state index is -0.239. The molecule has 150 valence electrons. The van der Waals surface area contributed by atoms with Gasteiger partial charge in [-0.3, -0.25) is 4.79 Å². The third kappa shape index (κ3) is 3.64. The summed E-state index contributed by atoms with van der Waals surface area (Å²) in [6.07, 6.45) is 3.79. The maximum Gasteiger partial charge on any atom is 0.253 e. The summed E-state index contributed by atoms with van der Waals surface area (Å²) in [4.78, 5) is 21.8. The minimum Gasteiger partial charge on any atom is -0.467 e. The van der Waals surface area contributed by atoms with Crippen LogP contribution in [0.2, 0.25) is 0 Å². The van der Waals surface area contributed by atoms with Gasteiger partial charge in [-0.1, -0.05) is 41.6 Å². The lowest BCUT2D eigenvalue weighted by atomic mass is 10.0. The number of fused-ring (bicyclic) bond motifs is 1. The molecule has 6 nitrogen and oxygen atoms in total. The number of carbonyl (C=O) groups excluding carboxylic acids is 1. The molecule has 8 heteroatoms. The van der Waals surface area contributed by atoms with Crippen LogP contribution in [0.3, 0.4) is 0 Å². The Morgan fingerprint density at radius 3 is 2.90 bits per heavy atom. The van der Waals surface area contributed by atoms with Gasteiger partial charge in [-0.05, 0) is 36.1 Å². The van der Waals surface area contributed by atoms with E-state index in [4.69, 9.17) is 4.42 Å². The van der Waals surface area contributed by atoms with Crippen LogP contribution in [0.25, 0.3) is 10.2 Å². The number of hydrogen-bond donors (Lipinski definition) is 0. The van der Waals surface area contributed by atoms with Crippen molar-refractivity contribution in [3.8, 4) is 0 Å². The highest BCUT2D eigenvalue weighted by Crippen LogP contribution is 2.35. The molecular weight excluding hydrogens is 416 g/mol. The molecule has 1 aliphatic heterocycles. The summed E-state index contributed by atoms with van der Waals surface area (Å²) in [7, 11) is 0. The van der Waals surface area contributed by atoms with E-state index in [-0.39, 0.29) is 17.7 Å². The van der Waals surface area contributed by atoms with Gasteiger partial charge in [0.05, 0.1) is 27.9 Å². The number of aromatic nitrogens is 2. The topological polar surface area (TPSA) is 71.6 Å². The fourth-order valence-electron chi connectivity index (χ4n) is 3.43. The smallest absolute Gasteiger partial charge is 0.253 e. The average molecular weight is 435 g/mol. The van der Waals surface area contributed by atoms with Gasteiger partial charge in [0, 0.05) is 6.42 Å². The lowest BCUT2D eigenvalue weighted by Crippen LogP contribution is -2.28. The van der Waals surface area contributed by atoms with Crippen LogP contribution in [0.5, 0.6) is 0 Å². The SMILES string of the molecule is Cc1ccc(C2=NN(C(=O)CSc3ncnc4ccsc34)C(c3ccco3)C2)cc1. The zero-order chi connectivity index (χ0) is 20.5. The summed E-state index contributed by atoms with van der Waals surface area (Å²) < 4.78 is 6.62. The predicted octanol–water partition coefficient (Wildman–Crippen LogP) is 5.06. The Balaban J connectivity index is 1.39. The molecule has 0 fully saturated rings. The van der Waals surface area contributed by atoms with Gasteiger partial charge in [-0.25, -0.2) is 15.0 Å². The summed E-state index contributed by atoms with van der Waals surface area (Å²) in [6, 6.07) is 13.7. The van der Waals surface area contributed by atoms with Gasteiger partial charge < -0.3 is 4.42 Å². The molecule has 4 aromatic rings. The second kappa shape index (κ2) is 8.04. The quantitative estimate of drug-likeness (QED) is 0.324. The van der Waals surface area contributed by atoms with Crippen LogP contribution in [0.15, 0.2) is 75.0 Å². The first-order chi connectivity index (χ1) is 14.7. The maximum atomic E-state index is 13.1. The van der Waals surface area contributed by atoms with Crippen molar-refractivity contribution in [1.82, 2.24) is 15.0 Å². The number of benzene rings is 1. The molecule has 0 saturated carbocycles. The molecule has 3 aromatic heterocycles. The van der Waals surface area contributed by atoms with Crippen molar-refractivity contribution >= 4 is 44.9 Å². The molecule has 1 atom stereocenters. The van der Waals surface area contributed by atoms with E-state index in [1.807, 2.05) is 35.7 Å². The first kappa shape index (κ1) is 19.0. The van der Waals surface area contributed by atoms with Gasteiger partial charge in [-0.2, -0.15) is 5.10 Å².